The van der Waals surface area contributed by atoms with Gasteiger partial charge in [-0.2, -0.15) is 8.42 Å². The molecule has 0 aliphatic carbocycles. The average molecular weight is 258 g/mol. The number of rotatable bonds is 1. The number of anilines is 1. The minimum atomic E-state index is -4.22. The highest BCUT2D eigenvalue weighted by Gasteiger charge is 2.11. The molecule has 3 N–H and O–H groups in total. The van der Waals surface area contributed by atoms with Crippen LogP contribution in [0.25, 0.3) is 10.8 Å². The Hall–Kier alpha value is -1.30. The van der Waals surface area contributed by atoms with E-state index in [1.165, 1.54) is 18.2 Å². The molecule has 0 fully saturated rings. The predicted octanol–water partition coefficient (Wildman–Crippen LogP) is 2.32. The van der Waals surface area contributed by atoms with Gasteiger partial charge in [-0.15, -0.1) is 0 Å². The molecule has 0 aliphatic rings. The highest BCUT2D eigenvalue weighted by atomic mass is 35.5. The Bertz CT molecular complexity index is 667. The second-order valence-electron chi connectivity index (χ2n) is 3.32. The summed E-state index contributed by atoms with van der Waals surface area (Å²) in [7, 11) is -4.22. The third kappa shape index (κ3) is 1.84. The van der Waals surface area contributed by atoms with Crippen molar-refractivity contribution < 1.29 is 13.0 Å². The lowest BCUT2D eigenvalue weighted by Gasteiger charge is -2.05. The van der Waals surface area contributed by atoms with Crippen LogP contribution in [-0.4, -0.2) is 13.0 Å². The third-order valence-electron chi connectivity index (χ3n) is 2.27. The van der Waals surface area contributed by atoms with Gasteiger partial charge >= 0.3 is 0 Å². The number of halogens is 1. The van der Waals surface area contributed by atoms with E-state index >= 15 is 0 Å². The van der Waals surface area contributed by atoms with E-state index in [9.17, 15) is 8.42 Å². The predicted molar refractivity (Wildman–Crippen MR) is 63.2 cm³/mol. The lowest BCUT2D eigenvalue weighted by molar-refractivity contribution is 0.483. The largest absolute Gasteiger partial charge is 0.398 e. The van der Waals surface area contributed by atoms with Gasteiger partial charge in [-0.1, -0.05) is 17.7 Å². The van der Waals surface area contributed by atoms with E-state index in [-0.39, 0.29) is 4.90 Å². The molecule has 0 bridgehead atoms. The molecule has 0 aliphatic heterocycles. The molecule has 84 valence electrons. The van der Waals surface area contributed by atoms with Crippen molar-refractivity contribution in [2.45, 2.75) is 4.90 Å². The molecule has 16 heavy (non-hydrogen) atoms. The molecule has 0 radical (unpaired) electrons. The fourth-order valence-corrected chi connectivity index (χ4v) is 2.20. The number of nitrogens with two attached hydrogens (primary N) is 1. The maximum absolute atomic E-state index is 11.0. The van der Waals surface area contributed by atoms with E-state index in [0.717, 1.165) is 0 Å². The lowest BCUT2D eigenvalue weighted by atomic mass is 10.1. The van der Waals surface area contributed by atoms with Crippen LogP contribution in [0.15, 0.2) is 35.2 Å². The zero-order valence-corrected chi connectivity index (χ0v) is 9.59. The highest BCUT2D eigenvalue weighted by molar-refractivity contribution is 7.85. The van der Waals surface area contributed by atoms with Gasteiger partial charge in [0.2, 0.25) is 0 Å². The first-order valence-corrected chi connectivity index (χ1v) is 6.16. The van der Waals surface area contributed by atoms with Gasteiger partial charge < -0.3 is 5.73 Å². The fraction of sp³-hybridized carbons (Fsp3) is 0. The zero-order chi connectivity index (χ0) is 11.9. The van der Waals surface area contributed by atoms with Crippen molar-refractivity contribution in [1.82, 2.24) is 0 Å². The Kier molecular flexibility index (Phi) is 2.53. The number of hydrogen-bond acceptors (Lipinski definition) is 3. The smallest absolute Gasteiger partial charge is 0.294 e. The normalized spacial score (nSPS) is 11.9. The van der Waals surface area contributed by atoms with Crippen LogP contribution < -0.4 is 5.73 Å². The highest BCUT2D eigenvalue weighted by Crippen LogP contribution is 2.30. The molecule has 0 spiro atoms. The second-order valence-corrected chi connectivity index (χ2v) is 5.15. The summed E-state index contributed by atoms with van der Waals surface area (Å²) in [5.41, 5.74) is 6.21. The molecule has 0 saturated heterocycles. The monoisotopic (exact) mass is 257 g/mol. The standard InChI is InChI=1S/C10H8ClNO3S/c11-9-3-4-10(12)7-2-1-6(5-8(7)9)16(13,14)15/h1-5H,12H2,(H,13,14,15). The van der Waals surface area contributed by atoms with Gasteiger partial charge in [0.15, 0.2) is 0 Å². The van der Waals surface area contributed by atoms with E-state index in [1.54, 1.807) is 12.1 Å². The summed E-state index contributed by atoms with van der Waals surface area (Å²) in [5.74, 6) is 0. The van der Waals surface area contributed by atoms with Crippen LogP contribution in [0.4, 0.5) is 5.69 Å². The summed E-state index contributed by atoms with van der Waals surface area (Å²) >= 11 is 5.92. The molecule has 2 aromatic rings. The van der Waals surface area contributed by atoms with Crippen molar-refractivity contribution in [2.24, 2.45) is 0 Å². The van der Waals surface area contributed by atoms with Crippen molar-refractivity contribution in [2.75, 3.05) is 5.73 Å². The van der Waals surface area contributed by atoms with E-state index in [1.807, 2.05) is 0 Å². The summed E-state index contributed by atoms with van der Waals surface area (Å²) < 4.78 is 30.8. The van der Waals surface area contributed by atoms with E-state index in [0.29, 0.717) is 21.5 Å². The molecule has 6 heteroatoms. The molecule has 0 heterocycles. The first-order chi connectivity index (χ1) is 7.39. The summed E-state index contributed by atoms with van der Waals surface area (Å²) in [6, 6.07) is 7.30. The Morgan fingerprint density at radius 1 is 1.12 bits per heavy atom. The Morgan fingerprint density at radius 2 is 1.81 bits per heavy atom. The maximum Gasteiger partial charge on any atom is 0.294 e. The first-order valence-electron chi connectivity index (χ1n) is 4.35. The Morgan fingerprint density at radius 3 is 2.44 bits per heavy atom. The molecular formula is C10H8ClNO3S. The molecule has 0 amide bonds. The SMILES string of the molecule is Nc1ccc(Cl)c2cc(S(=O)(=O)O)ccc12. The molecule has 0 saturated carbocycles. The summed E-state index contributed by atoms with van der Waals surface area (Å²) in [6.07, 6.45) is 0. The van der Waals surface area contributed by atoms with Crippen molar-refractivity contribution in [3.05, 3.63) is 35.4 Å². The van der Waals surface area contributed by atoms with Gasteiger partial charge in [-0.3, -0.25) is 4.55 Å². The van der Waals surface area contributed by atoms with Crippen molar-refractivity contribution in [3.8, 4) is 0 Å². The van der Waals surface area contributed by atoms with Crippen molar-refractivity contribution in [1.29, 1.82) is 0 Å². The van der Waals surface area contributed by atoms with Crippen LogP contribution >= 0.6 is 11.6 Å². The van der Waals surface area contributed by atoms with E-state index in [4.69, 9.17) is 21.9 Å². The van der Waals surface area contributed by atoms with Crippen molar-refractivity contribution >= 4 is 38.2 Å². The van der Waals surface area contributed by atoms with Crippen LogP contribution in [0.1, 0.15) is 0 Å². The topological polar surface area (TPSA) is 80.4 Å². The quantitative estimate of drug-likeness (QED) is 0.607. The Labute approximate surface area is 97.4 Å². The minimum Gasteiger partial charge on any atom is -0.398 e. The van der Waals surface area contributed by atoms with Crippen LogP contribution in [-0.2, 0) is 10.1 Å². The summed E-state index contributed by atoms with van der Waals surface area (Å²) in [5, 5.41) is 1.53. The van der Waals surface area contributed by atoms with Crippen LogP contribution in [0, 0.1) is 0 Å². The Balaban J connectivity index is 2.86. The number of hydrogen-bond donors (Lipinski definition) is 2. The molecule has 0 unspecified atom stereocenters. The van der Waals surface area contributed by atoms with Crippen LogP contribution in [0.3, 0.4) is 0 Å². The van der Waals surface area contributed by atoms with Gasteiger partial charge in [0.1, 0.15) is 0 Å². The number of fused-ring (bicyclic) bond motifs is 1. The van der Waals surface area contributed by atoms with Gasteiger partial charge in [0.25, 0.3) is 10.1 Å². The number of benzene rings is 2. The van der Waals surface area contributed by atoms with Gasteiger partial charge in [-0.25, -0.2) is 0 Å². The molecular weight excluding hydrogens is 250 g/mol. The molecule has 2 rings (SSSR count). The number of nitrogen functional groups attached to an aromatic ring is 1. The van der Waals surface area contributed by atoms with Gasteiger partial charge in [-0.05, 0) is 24.3 Å². The second kappa shape index (κ2) is 3.62. The van der Waals surface area contributed by atoms with Gasteiger partial charge in [0.05, 0.1) is 4.90 Å². The average Bonchev–Trinajstić information content (AvgIpc) is 2.22. The van der Waals surface area contributed by atoms with Crippen LogP contribution in [0.2, 0.25) is 5.02 Å². The maximum atomic E-state index is 11.0. The van der Waals surface area contributed by atoms with Gasteiger partial charge in [0, 0.05) is 21.5 Å². The minimum absolute atomic E-state index is 0.201. The molecule has 0 aromatic heterocycles. The zero-order valence-electron chi connectivity index (χ0n) is 8.01. The lowest BCUT2D eigenvalue weighted by Crippen LogP contribution is -1.98. The molecule has 0 atom stereocenters. The molecule has 2 aromatic carbocycles. The van der Waals surface area contributed by atoms with Crippen LogP contribution in [0.5, 0.6) is 0 Å². The third-order valence-corrected chi connectivity index (χ3v) is 3.45. The summed E-state index contributed by atoms with van der Waals surface area (Å²) in [4.78, 5) is -0.201. The first kappa shape index (κ1) is 11.2. The van der Waals surface area contributed by atoms with Crippen molar-refractivity contribution in [3.63, 3.8) is 0 Å². The summed E-state index contributed by atoms with van der Waals surface area (Å²) in [6.45, 7) is 0. The van der Waals surface area contributed by atoms with E-state index in [2.05, 4.69) is 0 Å². The van der Waals surface area contributed by atoms with E-state index < -0.39 is 10.1 Å². The fourth-order valence-electron chi connectivity index (χ4n) is 1.48. The molecule has 4 nitrogen and oxygen atoms in total.